The predicted octanol–water partition coefficient (Wildman–Crippen LogP) is 3.81. The zero-order valence-corrected chi connectivity index (χ0v) is 16.5. The number of nitrogens with zero attached hydrogens (tertiary/aromatic N) is 1. The SMILES string of the molecule is O=C(O)c1cc(C(=O)O)cc(N(S)C(=O)Nc2ccc(NC(=O)c3ccco3)cc2)c1. The average molecular weight is 441 g/mol. The first kappa shape index (κ1) is 21.5. The summed E-state index contributed by atoms with van der Waals surface area (Å²) in [6.07, 6.45) is 1.38. The number of hydrogen-bond donors (Lipinski definition) is 5. The van der Waals surface area contributed by atoms with E-state index in [1.54, 1.807) is 18.2 Å². The van der Waals surface area contributed by atoms with Gasteiger partial charge in [0.05, 0.1) is 23.1 Å². The molecular formula is C20H15N3O7S. The van der Waals surface area contributed by atoms with Gasteiger partial charge in [0.25, 0.3) is 5.91 Å². The van der Waals surface area contributed by atoms with Gasteiger partial charge >= 0.3 is 18.0 Å². The number of benzene rings is 2. The third-order valence-electron chi connectivity index (χ3n) is 3.99. The highest BCUT2D eigenvalue weighted by atomic mass is 32.1. The first-order valence-electron chi connectivity index (χ1n) is 8.61. The van der Waals surface area contributed by atoms with E-state index in [2.05, 4.69) is 23.4 Å². The second-order valence-electron chi connectivity index (χ2n) is 6.13. The van der Waals surface area contributed by atoms with Gasteiger partial charge in [-0.2, -0.15) is 0 Å². The van der Waals surface area contributed by atoms with Gasteiger partial charge in [-0.05, 0) is 54.6 Å². The summed E-state index contributed by atoms with van der Waals surface area (Å²) in [5.74, 6) is -2.99. The number of furan rings is 1. The lowest BCUT2D eigenvalue weighted by Crippen LogP contribution is -2.27. The van der Waals surface area contributed by atoms with Crippen LogP contribution in [0.2, 0.25) is 0 Å². The van der Waals surface area contributed by atoms with Gasteiger partial charge < -0.3 is 25.3 Å². The molecule has 0 saturated carbocycles. The van der Waals surface area contributed by atoms with Crippen molar-refractivity contribution in [3.05, 3.63) is 77.7 Å². The van der Waals surface area contributed by atoms with Crippen LogP contribution in [0.3, 0.4) is 0 Å². The van der Waals surface area contributed by atoms with Crippen LogP contribution < -0.4 is 14.9 Å². The van der Waals surface area contributed by atoms with E-state index in [0.717, 1.165) is 22.5 Å². The minimum Gasteiger partial charge on any atom is -0.478 e. The number of carboxylic acids is 2. The average Bonchev–Trinajstić information content (AvgIpc) is 3.29. The van der Waals surface area contributed by atoms with Gasteiger partial charge in [-0.3, -0.25) is 4.79 Å². The summed E-state index contributed by atoms with van der Waals surface area (Å²) in [5.41, 5.74) is 0.160. The second-order valence-corrected chi connectivity index (χ2v) is 6.53. The summed E-state index contributed by atoms with van der Waals surface area (Å²) in [5, 5.41) is 23.4. The molecule has 0 bridgehead atoms. The molecule has 0 radical (unpaired) electrons. The zero-order valence-electron chi connectivity index (χ0n) is 15.6. The van der Waals surface area contributed by atoms with Gasteiger partial charge in [0.15, 0.2) is 5.76 Å². The number of carbonyl (C=O) groups excluding carboxylic acids is 2. The minimum atomic E-state index is -1.35. The van der Waals surface area contributed by atoms with Crippen LogP contribution in [0.15, 0.2) is 65.3 Å². The van der Waals surface area contributed by atoms with E-state index >= 15 is 0 Å². The normalized spacial score (nSPS) is 10.2. The van der Waals surface area contributed by atoms with Crippen LogP contribution in [0.25, 0.3) is 0 Å². The highest BCUT2D eigenvalue weighted by Crippen LogP contribution is 2.23. The molecule has 31 heavy (non-hydrogen) atoms. The molecule has 0 aliphatic heterocycles. The van der Waals surface area contributed by atoms with E-state index in [1.165, 1.54) is 24.5 Å². The van der Waals surface area contributed by atoms with Crippen LogP contribution in [0, 0.1) is 0 Å². The van der Waals surface area contributed by atoms with Crippen LogP contribution in [0.5, 0.6) is 0 Å². The number of urea groups is 1. The Kier molecular flexibility index (Phi) is 6.26. The number of hydrogen-bond acceptors (Lipinski definition) is 6. The maximum Gasteiger partial charge on any atom is 0.336 e. The lowest BCUT2D eigenvalue weighted by Gasteiger charge is -2.18. The zero-order chi connectivity index (χ0) is 22.5. The van der Waals surface area contributed by atoms with E-state index < -0.39 is 23.9 Å². The summed E-state index contributed by atoms with van der Waals surface area (Å²) in [6.45, 7) is 0. The third-order valence-corrected chi connectivity index (χ3v) is 4.40. The highest BCUT2D eigenvalue weighted by Gasteiger charge is 2.18. The lowest BCUT2D eigenvalue weighted by atomic mass is 10.1. The van der Waals surface area contributed by atoms with E-state index in [1.807, 2.05) is 0 Å². The van der Waals surface area contributed by atoms with Crippen molar-refractivity contribution in [2.24, 2.45) is 0 Å². The van der Waals surface area contributed by atoms with Gasteiger partial charge in [0, 0.05) is 11.4 Å². The molecule has 0 aliphatic carbocycles. The molecule has 0 saturated heterocycles. The number of nitrogens with one attached hydrogen (secondary N) is 2. The maximum absolute atomic E-state index is 12.5. The standard InChI is InChI=1S/C20H15N3O7S/c24-17(16-2-1-7-30-16)21-13-3-5-14(6-4-13)22-20(29)23(31)15-9-11(18(25)26)8-12(10-15)19(27)28/h1-10,31H,(H,21,24)(H,22,29)(H,25,26)(H,27,28). The van der Waals surface area contributed by atoms with E-state index in [4.69, 9.17) is 14.6 Å². The number of rotatable bonds is 6. The molecule has 3 aromatic rings. The Labute approximate surface area is 180 Å². The van der Waals surface area contributed by atoms with Crippen molar-refractivity contribution in [1.29, 1.82) is 0 Å². The highest BCUT2D eigenvalue weighted by molar-refractivity contribution is 7.82. The number of carboxylic acid groups (broad SMARTS) is 2. The van der Waals surface area contributed by atoms with Crippen LogP contribution in [0.1, 0.15) is 31.3 Å². The van der Waals surface area contributed by atoms with Crippen molar-refractivity contribution in [1.82, 2.24) is 0 Å². The Balaban J connectivity index is 1.70. The second kappa shape index (κ2) is 9.05. The Hall–Kier alpha value is -4.25. The summed E-state index contributed by atoms with van der Waals surface area (Å²) < 4.78 is 5.79. The molecule has 3 rings (SSSR count). The van der Waals surface area contributed by atoms with Crippen molar-refractivity contribution in [2.45, 2.75) is 0 Å². The first-order chi connectivity index (χ1) is 14.7. The number of thiol groups is 1. The number of anilines is 3. The molecule has 0 atom stereocenters. The van der Waals surface area contributed by atoms with Gasteiger partial charge in [-0.1, -0.05) is 12.8 Å². The fourth-order valence-electron chi connectivity index (χ4n) is 2.51. The predicted molar refractivity (Wildman–Crippen MR) is 114 cm³/mol. The molecule has 11 heteroatoms. The number of aromatic carboxylic acids is 2. The van der Waals surface area contributed by atoms with Crippen LogP contribution in [-0.2, 0) is 0 Å². The Morgan fingerprint density at radius 3 is 1.87 bits per heavy atom. The molecule has 10 nitrogen and oxygen atoms in total. The van der Waals surface area contributed by atoms with E-state index in [9.17, 15) is 19.2 Å². The molecule has 4 N–H and O–H groups in total. The smallest absolute Gasteiger partial charge is 0.336 e. The number of amides is 3. The van der Waals surface area contributed by atoms with Crippen molar-refractivity contribution >= 4 is 53.8 Å². The van der Waals surface area contributed by atoms with Gasteiger partial charge in [0.1, 0.15) is 0 Å². The summed E-state index contributed by atoms with van der Waals surface area (Å²) >= 11 is 4.04. The summed E-state index contributed by atoms with van der Waals surface area (Å²) in [6, 6.07) is 11.7. The quantitative estimate of drug-likeness (QED) is 0.365. The van der Waals surface area contributed by atoms with Gasteiger partial charge in [-0.15, -0.1) is 0 Å². The van der Waals surface area contributed by atoms with Crippen molar-refractivity contribution in [3.8, 4) is 0 Å². The van der Waals surface area contributed by atoms with E-state index in [-0.39, 0.29) is 22.6 Å². The topological polar surface area (TPSA) is 149 Å². The molecular weight excluding hydrogens is 426 g/mol. The summed E-state index contributed by atoms with van der Waals surface area (Å²) in [4.78, 5) is 46.9. The molecule has 2 aromatic carbocycles. The number of carbonyl (C=O) groups is 4. The minimum absolute atomic E-state index is 0.0412. The first-order valence-corrected chi connectivity index (χ1v) is 9.01. The largest absolute Gasteiger partial charge is 0.478 e. The van der Waals surface area contributed by atoms with Crippen LogP contribution >= 0.6 is 12.8 Å². The lowest BCUT2D eigenvalue weighted by molar-refractivity contribution is 0.0696. The molecule has 158 valence electrons. The van der Waals surface area contributed by atoms with Crippen LogP contribution in [-0.4, -0.2) is 34.1 Å². The Bertz CT molecular complexity index is 1110. The molecule has 1 heterocycles. The maximum atomic E-state index is 12.5. The van der Waals surface area contributed by atoms with Crippen molar-refractivity contribution in [2.75, 3.05) is 14.9 Å². The van der Waals surface area contributed by atoms with Gasteiger partial charge in [-0.25, -0.2) is 18.7 Å². The van der Waals surface area contributed by atoms with Crippen LogP contribution in [0.4, 0.5) is 21.9 Å². The molecule has 0 fully saturated rings. The molecule has 0 spiro atoms. The van der Waals surface area contributed by atoms with Gasteiger partial charge in [0.2, 0.25) is 0 Å². The fraction of sp³-hybridized carbons (Fsp3) is 0. The van der Waals surface area contributed by atoms with Crippen molar-refractivity contribution in [3.63, 3.8) is 0 Å². The summed E-state index contributed by atoms with van der Waals surface area (Å²) in [7, 11) is 0. The monoisotopic (exact) mass is 441 g/mol. The fourth-order valence-corrected chi connectivity index (χ4v) is 2.68. The third kappa shape index (κ3) is 5.22. The Morgan fingerprint density at radius 1 is 0.839 bits per heavy atom. The Morgan fingerprint density at radius 2 is 1.39 bits per heavy atom. The van der Waals surface area contributed by atoms with E-state index in [0.29, 0.717) is 11.4 Å². The van der Waals surface area contributed by atoms with Crippen molar-refractivity contribution < 1.29 is 33.8 Å². The molecule has 0 unspecified atom stereocenters. The molecule has 1 aromatic heterocycles. The molecule has 3 amide bonds. The molecule has 0 aliphatic rings.